The molecule has 1 aromatic carbocycles. The quantitative estimate of drug-likeness (QED) is 0.0184. The number of ether oxygens (including phenoxy) is 16. The van der Waals surface area contributed by atoms with Crippen molar-refractivity contribution in [2.24, 2.45) is 0 Å². The number of hydrogen-bond donors (Lipinski definition) is 29. The minimum atomic E-state index is -2.49. The Morgan fingerprint density at radius 3 is 1.28 bits per heavy atom. The number of carbonyl (C=O) groups excluding carboxylic acids is 6. The van der Waals surface area contributed by atoms with E-state index in [-0.39, 0.29) is 171 Å². The number of unbranched alkanes of at least 4 members (excludes halogenated alkanes) is 1. The number of aliphatic hydroxyl groups is 20. The van der Waals surface area contributed by atoms with Crippen LogP contribution < -0.4 is 37.2 Å². The molecule has 29 N–H and O–H groups in total. The molecule has 59 nitrogen and oxygen atoms in total. The molecule has 8 saturated heterocycles. The molecule has 11 rings (SSSR count). The average molecular weight is 2180 g/mol. The Kier molecular flexibility index (Phi) is 47.6. The summed E-state index contributed by atoms with van der Waals surface area (Å²) in [4.78, 5) is 97.8. The first-order valence-corrected chi connectivity index (χ1v) is 50.8. The van der Waals surface area contributed by atoms with Gasteiger partial charge in [0.25, 0.3) is 11.8 Å². The zero-order valence-corrected chi connectivity index (χ0v) is 82.9. The summed E-state index contributed by atoms with van der Waals surface area (Å²) in [5.41, 5.74) is 0.958. The number of urea groups is 1. The van der Waals surface area contributed by atoms with Crippen molar-refractivity contribution in [2.45, 2.75) is 289 Å². The van der Waals surface area contributed by atoms with Crippen molar-refractivity contribution in [3.05, 3.63) is 53.1 Å². The molecule has 0 spiro atoms. The van der Waals surface area contributed by atoms with Crippen LogP contribution in [0.1, 0.15) is 84.5 Å². The van der Waals surface area contributed by atoms with Crippen molar-refractivity contribution in [2.75, 3.05) is 141 Å². The maximum Gasteiger partial charge on any atom is 0.346 e. The van der Waals surface area contributed by atoms with Crippen LogP contribution in [0, 0.1) is 0 Å². The number of nitrogens with zero attached hydrogens (tertiary/aromatic N) is 6. The van der Waals surface area contributed by atoms with Crippen LogP contribution in [0.4, 0.5) is 10.5 Å². The lowest BCUT2D eigenvalue weighted by molar-refractivity contribution is -0.356. The van der Waals surface area contributed by atoms with E-state index >= 15 is 0 Å². The Morgan fingerprint density at radius 2 is 0.892 bits per heavy atom. The van der Waals surface area contributed by atoms with Gasteiger partial charge in [0, 0.05) is 72.4 Å². The summed E-state index contributed by atoms with van der Waals surface area (Å²) in [6.07, 6.45) is -47.6. The number of carboxylic acid groups (broad SMARTS) is 2. The topological polar surface area (TPSA) is 875 Å². The van der Waals surface area contributed by atoms with Crippen LogP contribution in [0.2, 0.25) is 0 Å². The smallest absolute Gasteiger partial charge is 0.346 e. The lowest BCUT2D eigenvalue weighted by atomic mass is 9.90. The van der Waals surface area contributed by atoms with Crippen LogP contribution in [0.15, 0.2) is 30.6 Å². The number of aromatic nitrogens is 6. The lowest BCUT2D eigenvalue weighted by Crippen LogP contribution is -2.67. The van der Waals surface area contributed by atoms with E-state index in [4.69, 9.17) is 75.8 Å². The molecule has 2 aromatic heterocycles. The van der Waals surface area contributed by atoms with Gasteiger partial charge in [-0.05, 0) is 31.0 Å². The Morgan fingerprint density at radius 1 is 0.500 bits per heavy atom. The standard InChI is InChI=1S/C86H135N13O46S3/c1-39(104)89-58-47(106)26-85(82(125)126,144-74(58)60(111)49(108)32-100)147-37-53-62(113)64(115)68(119)80(140-53)142-72-51(34-102)138-78(70(121)66(72)117)136-21-19-134-17-15-132-13-11-130-9-7-98-30-44(94-96-98)28-87-76(123)41-23-42(25-43(24-41)91-56(110)6-4-3-5-55-57-46(36-146-55)92-84(129)93-57)77(124)88-29-45-31-99(97-95-45)8-10-131-12-14-133-16-18-135-20-22-137-79-71(122)67(118)73(52(35-103)139-79)143-81-69(120)65(116)63(114)54(141-81)38-148-86(83(127)128)27-48(107)59(90-40(2)105)75(145-86)61(112)50(109)33-101/h23-25,30-31,46-55,57-75,78-81,100-103,106-109,111-122H,3-22,26-29,32-38H2,1-2H3,(H,87,123)(H,88,124)(H,89,104)(H,90,105)(H,91,110)(H,125,126)(H,127,128)(H2,92,93,129)/t46?,47-,48-,49+,50+,51+,52+,53+,54+,55?,57?,58+,59+,60+,61+,62-,63-,64-,65-,66+,67+,68+,69+,70+,71+,72-,73-,74?,75?,78-,79+,80-,81+,85-,86-/m0/s1. The molecule has 3 aromatic rings. The van der Waals surface area contributed by atoms with E-state index in [2.05, 4.69) is 57.8 Å². The number of nitrogens with one attached hydrogen (secondary N) is 7. The average Bonchev–Trinajstić information content (AvgIpc) is 0.852. The van der Waals surface area contributed by atoms with E-state index in [1.165, 1.54) is 27.6 Å². The van der Waals surface area contributed by atoms with Gasteiger partial charge >= 0.3 is 18.0 Å². The Labute approximate surface area is 857 Å². The first-order chi connectivity index (χ1) is 70.7. The minimum Gasteiger partial charge on any atom is -0.478 e. The normalized spacial score (nSPS) is 33.6. The molecule has 7 amide bonds. The molecule has 5 unspecified atom stereocenters. The highest BCUT2D eigenvalue weighted by Gasteiger charge is 2.60. The zero-order chi connectivity index (χ0) is 107. The fourth-order valence-electron chi connectivity index (χ4n) is 17.3. The molecule has 838 valence electrons. The van der Waals surface area contributed by atoms with Crippen LogP contribution in [0.3, 0.4) is 0 Å². The number of aliphatic hydroxyl groups excluding tert-OH is 20. The molecule has 0 aliphatic carbocycles. The van der Waals surface area contributed by atoms with Crippen molar-refractivity contribution in [1.29, 1.82) is 0 Å². The first-order valence-electron chi connectivity index (χ1n) is 47.8. The van der Waals surface area contributed by atoms with Crippen molar-refractivity contribution < 1.29 is 226 Å². The molecular weight excluding hydrogens is 2050 g/mol. The van der Waals surface area contributed by atoms with Gasteiger partial charge in [0.2, 0.25) is 27.6 Å². The van der Waals surface area contributed by atoms with Gasteiger partial charge in [-0.25, -0.2) is 23.7 Å². The number of carbonyl (C=O) groups is 8. The summed E-state index contributed by atoms with van der Waals surface area (Å²) < 4.78 is 93.8. The summed E-state index contributed by atoms with van der Waals surface area (Å²) >= 11 is 2.54. The fourth-order valence-corrected chi connectivity index (χ4v) is 21.4. The third-order valence-electron chi connectivity index (χ3n) is 25.2. The summed E-state index contributed by atoms with van der Waals surface area (Å²) in [7, 11) is 0. The largest absolute Gasteiger partial charge is 0.478 e. The van der Waals surface area contributed by atoms with E-state index < -0.39 is 280 Å². The molecule has 0 saturated carbocycles. The molecule has 8 aliphatic heterocycles. The molecule has 0 radical (unpaired) electrons. The molecule has 62 heteroatoms. The van der Waals surface area contributed by atoms with Gasteiger partial charge in [-0.15, -0.1) is 33.7 Å². The van der Waals surface area contributed by atoms with Gasteiger partial charge in [0.15, 0.2) is 25.2 Å². The van der Waals surface area contributed by atoms with Crippen LogP contribution in [0.5, 0.6) is 0 Å². The lowest BCUT2D eigenvalue weighted by Gasteiger charge is -2.48. The van der Waals surface area contributed by atoms with Gasteiger partial charge in [-0.2, -0.15) is 11.8 Å². The van der Waals surface area contributed by atoms with Crippen LogP contribution in [0.25, 0.3) is 0 Å². The Bertz CT molecular complexity index is 4410. The highest BCUT2D eigenvalue weighted by atomic mass is 32.2. The first kappa shape index (κ1) is 121. The predicted octanol–water partition coefficient (Wildman–Crippen LogP) is -13.4. The number of thioether (sulfide) groups is 3. The molecule has 8 fully saturated rings. The van der Waals surface area contributed by atoms with Crippen LogP contribution >= 0.6 is 35.3 Å². The molecule has 10 heterocycles. The summed E-state index contributed by atoms with van der Waals surface area (Å²) in [6.45, 7) is -0.485. The molecule has 35 atom stereocenters. The number of fused-ring (bicyclic) bond motifs is 1. The van der Waals surface area contributed by atoms with E-state index in [1.807, 2.05) is 0 Å². The second-order valence-corrected chi connectivity index (χ2v) is 39.8. The highest BCUT2D eigenvalue weighted by molar-refractivity contribution is 8.01. The molecule has 8 aliphatic rings. The number of amides is 7. The molecule has 148 heavy (non-hydrogen) atoms. The number of hydrogen-bond acceptors (Lipinski definition) is 51. The number of anilines is 1. The van der Waals surface area contributed by atoms with Crippen molar-refractivity contribution in [3.8, 4) is 0 Å². The maximum atomic E-state index is 13.9. The highest BCUT2D eigenvalue weighted by Crippen LogP contribution is 2.46. The third kappa shape index (κ3) is 32.9. The summed E-state index contributed by atoms with van der Waals surface area (Å²) in [6, 6.07) is 1.13. The zero-order valence-electron chi connectivity index (χ0n) is 80.4. The van der Waals surface area contributed by atoms with Gasteiger partial charge in [-0.3, -0.25) is 24.0 Å². The predicted molar refractivity (Wildman–Crippen MR) is 497 cm³/mol. The van der Waals surface area contributed by atoms with E-state index in [9.17, 15) is 151 Å². The maximum absolute atomic E-state index is 13.9. The van der Waals surface area contributed by atoms with Crippen LogP contribution in [-0.2, 0) is 126 Å². The number of benzene rings is 1. The Hall–Kier alpha value is -7.33. The fraction of sp³-hybridized carbons (Fsp3) is 0.791. The van der Waals surface area contributed by atoms with Gasteiger partial charge in [-0.1, -0.05) is 16.8 Å². The molecular formula is C86H135N13O46S3. The number of aliphatic carboxylic acids is 2. The van der Waals surface area contributed by atoms with E-state index in [0.29, 0.717) is 47.8 Å². The summed E-state index contributed by atoms with van der Waals surface area (Å²) in [5.74, 6) is -6.94. The minimum absolute atomic E-state index is 0.00552. The van der Waals surface area contributed by atoms with Crippen molar-refractivity contribution >= 4 is 88.5 Å². The Balaban J connectivity index is 0.548. The molecule has 0 bridgehead atoms. The SMILES string of the molecule is CC(=O)N[C@H]1C([C@H](O)[C@H](O)CO)O[C@@](SC[C@H]2O[C@@H](O[C@@H]3[C@H](O)[C@@H](O)[C@@H](OCCOCCOCCOCCn4cc(CNC(=O)c5cc(NC(=O)CCCCC6SCC7NC(=O)NC76)cc(C(=O)NCc6cn(CCOCCOCCOCCO[C@@H]7O[C@H](CO)[C@H](O[C@H]8O[C@H](CS[C@]9(C(=O)O)C[C@H](O)[C@@H](NC(C)=O)C([C@H](O)[C@H](O)CO)O9)[C@H](O)[C@H](O)[C@H]8O)[C@H](O)[C@H]7O)nn6)c5)nn4)O[C@@H]3CO)[C@H](O)[C@@H](O)[C@H]2O)(C(=O)O)C[C@@H]1O. The second-order valence-electron chi connectivity index (χ2n) is 36.0. The third-order valence-corrected chi connectivity index (χ3v) is 29.5. The monoisotopic (exact) mass is 2180 g/mol. The number of carboxylic acids is 2. The van der Waals surface area contributed by atoms with Gasteiger partial charge < -0.3 is 225 Å². The van der Waals surface area contributed by atoms with Gasteiger partial charge in [0.05, 0.1) is 206 Å². The van der Waals surface area contributed by atoms with Gasteiger partial charge in [0.1, 0.15) is 133 Å². The van der Waals surface area contributed by atoms with Crippen LogP contribution in [-0.4, -0.2) is 537 Å². The van der Waals surface area contributed by atoms with E-state index in [1.54, 1.807) is 24.2 Å². The summed E-state index contributed by atoms with van der Waals surface area (Å²) in [5, 5.41) is 270. The van der Waals surface area contributed by atoms with E-state index in [0.717, 1.165) is 26.0 Å². The van der Waals surface area contributed by atoms with Crippen molar-refractivity contribution in [3.63, 3.8) is 0 Å². The second kappa shape index (κ2) is 58.3. The number of rotatable bonds is 60. The van der Waals surface area contributed by atoms with Crippen molar-refractivity contribution in [1.82, 2.24) is 61.9 Å².